The van der Waals surface area contributed by atoms with E-state index in [2.05, 4.69) is 0 Å². The van der Waals surface area contributed by atoms with Crippen LogP contribution in [-0.4, -0.2) is 33.2 Å². The fraction of sp³-hybridized carbons (Fsp3) is 0.500. The summed E-state index contributed by atoms with van der Waals surface area (Å²) in [6.07, 6.45) is 0. The van der Waals surface area contributed by atoms with Gasteiger partial charge in [-0.3, -0.25) is 14.4 Å². The van der Waals surface area contributed by atoms with Crippen molar-refractivity contribution < 1.29 is 29.7 Å². The van der Waals surface area contributed by atoms with Crippen molar-refractivity contribution >= 4 is 17.9 Å². The standard InChI is InChI=1S/C6H8O6/c1-2(4(7)8)3(5(9)10)6(11)12/h2-3H,1H3,(H,7,8)(H,9,10)(H,11,12). The van der Waals surface area contributed by atoms with Crippen molar-refractivity contribution in [2.24, 2.45) is 11.8 Å². The number of hydrogen-bond donors (Lipinski definition) is 3. The van der Waals surface area contributed by atoms with Gasteiger partial charge >= 0.3 is 17.9 Å². The SMILES string of the molecule is CC(C(=O)O)C(C(=O)O)C(=O)O. The highest BCUT2D eigenvalue weighted by atomic mass is 16.4. The lowest BCUT2D eigenvalue weighted by atomic mass is 9.95. The molecule has 0 radical (unpaired) electrons. The fourth-order valence-corrected chi connectivity index (χ4v) is 0.676. The molecular formula is C6H8O6. The minimum Gasteiger partial charge on any atom is -0.481 e. The van der Waals surface area contributed by atoms with E-state index < -0.39 is 29.7 Å². The maximum atomic E-state index is 10.2. The van der Waals surface area contributed by atoms with Crippen molar-refractivity contribution in [3.63, 3.8) is 0 Å². The highest BCUT2D eigenvalue weighted by Crippen LogP contribution is 2.12. The molecule has 0 aliphatic heterocycles. The number of carboxylic acid groups (broad SMARTS) is 3. The second kappa shape index (κ2) is 3.70. The smallest absolute Gasteiger partial charge is 0.318 e. The maximum Gasteiger partial charge on any atom is 0.318 e. The zero-order valence-electron chi connectivity index (χ0n) is 6.22. The highest BCUT2D eigenvalue weighted by molar-refractivity contribution is 5.97. The summed E-state index contributed by atoms with van der Waals surface area (Å²) in [6, 6.07) is 0. The van der Waals surface area contributed by atoms with Gasteiger partial charge in [-0.15, -0.1) is 0 Å². The van der Waals surface area contributed by atoms with Gasteiger partial charge in [0.05, 0.1) is 5.92 Å². The van der Waals surface area contributed by atoms with E-state index in [0.29, 0.717) is 0 Å². The molecule has 0 aromatic heterocycles. The van der Waals surface area contributed by atoms with Gasteiger partial charge in [-0.05, 0) is 0 Å². The third-order valence-electron chi connectivity index (χ3n) is 1.42. The molecule has 0 aliphatic rings. The molecule has 0 fully saturated rings. The molecule has 0 amide bonds. The molecule has 0 saturated carbocycles. The van der Waals surface area contributed by atoms with Crippen molar-refractivity contribution in [1.82, 2.24) is 0 Å². The van der Waals surface area contributed by atoms with Crippen molar-refractivity contribution in [3.8, 4) is 0 Å². The second-order valence-corrected chi connectivity index (χ2v) is 2.28. The summed E-state index contributed by atoms with van der Waals surface area (Å²) in [6.45, 7) is 1.04. The Kier molecular flexibility index (Phi) is 3.21. The lowest BCUT2D eigenvalue weighted by Crippen LogP contribution is -2.33. The fourth-order valence-electron chi connectivity index (χ4n) is 0.676. The van der Waals surface area contributed by atoms with Crippen LogP contribution in [0.2, 0.25) is 0 Å². The van der Waals surface area contributed by atoms with Gasteiger partial charge < -0.3 is 15.3 Å². The van der Waals surface area contributed by atoms with Crippen LogP contribution in [-0.2, 0) is 14.4 Å². The van der Waals surface area contributed by atoms with Crippen LogP contribution in [0.1, 0.15) is 6.92 Å². The molecule has 3 N–H and O–H groups in total. The van der Waals surface area contributed by atoms with Crippen LogP contribution in [0, 0.1) is 11.8 Å². The molecule has 12 heavy (non-hydrogen) atoms. The first-order chi connectivity index (χ1) is 5.37. The van der Waals surface area contributed by atoms with E-state index in [1.54, 1.807) is 0 Å². The lowest BCUT2D eigenvalue weighted by Gasteiger charge is -2.10. The number of aliphatic carboxylic acids is 3. The number of rotatable bonds is 4. The third kappa shape index (κ3) is 2.22. The normalized spacial score (nSPS) is 12.5. The van der Waals surface area contributed by atoms with E-state index in [-0.39, 0.29) is 0 Å². The third-order valence-corrected chi connectivity index (χ3v) is 1.42. The summed E-state index contributed by atoms with van der Waals surface area (Å²) < 4.78 is 0. The Hall–Kier alpha value is -1.59. The molecule has 0 aromatic rings. The summed E-state index contributed by atoms with van der Waals surface area (Å²) in [7, 11) is 0. The molecule has 6 nitrogen and oxygen atoms in total. The highest BCUT2D eigenvalue weighted by Gasteiger charge is 2.36. The molecule has 0 aliphatic carbocycles. The molecule has 0 saturated heterocycles. The zero-order chi connectivity index (χ0) is 9.89. The summed E-state index contributed by atoms with van der Waals surface area (Å²) in [5.74, 6) is -8.04. The average Bonchev–Trinajstić information content (AvgIpc) is 1.85. The quantitative estimate of drug-likeness (QED) is 0.497. The summed E-state index contributed by atoms with van der Waals surface area (Å²) in [5.41, 5.74) is 0. The van der Waals surface area contributed by atoms with Gasteiger partial charge in [-0.2, -0.15) is 0 Å². The Morgan fingerprint density at radius 3 is 1.33 bits per heavy atom. The van der Waals surface area contributed by atoms with Crippen LogP contribution >= 0.6 is 0 Å². The molecule has 68 valence electrons. The summed E-state index contributed by atoms with van der Waals surface area (Å²) >= 11 is 0. The average molecular weight is 176 g/mol. The van der Waals surface area contributed by atoms with Crippen LogP contribution < -0.4 is 0 Å². The molecule has 6 heteroatoms. The van der Waals surface area contributed by atoms with E-state index in [0.717, 1.165) is 6.92 Å². The van der Waals surface area contributed by atoms with E-state index in [4.69, 9.17) is 15.3 Å². The van der Waals surface area contributed by atoms with Gasteiger partial charge in [0.1, 0.15) is 0 Å². The van der Waals surface area contributed by atoms with Gasteiger partial charge in [-0.1, -0.05) is 6.92 Å². The van der Waals surface area contributed by atoms with E-state index in [9.17, 15) is 14.4 Å². The Labute approximate surface area is 67.4 Å². The minimum atomic E-state index is -1.89. The molecular weight excluding hydrogens is 168 g/mol. The number of carbonyl (C=O) groups is 3. The van der Waals surface area contributed by atoms with Crippen LogP contribution in [0.5, 0.6) is 0 Å². The molecule has 0 heterocycles. The molecule has 0 spiro atoms. The van der Waals surface area contributed by atoms with Gasteiger partial charge in [0.15, 0.2) is 5.92 Å². The van der Waals surface area contributed by atoms with E-state index in [1.807, 2.05) is 0 Å². The van der Waals surface area contributed by atoms with Crippen molar-refractivity contribution in [3.05, 3.63) is 0 Å². The summed E-state index contributed by atoms with van der Waals surface area (Å²) in [5, 5.41) is 25.0. The Bertz CT molecular complexity index is 206. The maximum absolute atomic E-state index is 10.2. The second-order valence-electron chi connectivity index (χ2n) is 2.28. The van der Waals surface area contributed by atoms with Crippen LogP contribution in [0.4, 0.5) is 0 Å². The van der Waals surface area contributed by atoms with Gasteiger partial charge in [0, 0.05) is 0 Å². The monoisotopic (exact) mass is 176 g/mol. The van der Waals surface area contributed by atoms with Gasteiger partial charge in [-0.25, -0.2) is 0 Å². The zero-order valence-corrected chi connectivity index (χ0v) is 6.22. The number of carboxylic acids is 3. The van der Waals surface area contributed by atoms with Crippen molar-refractivity contribution in [1.29, 1.82) is 0 Å². The molecule has 0 aromatic carbocycles. The first-order valence-corrected chi connectivity index (χ1v) is 3.06. The van der Waals surface area contributed by atoms with Crippen molar-refractivity contribution in [2.45, 2.75) is 6.92 Å². The lowest BCUT2D eigenvalue weighted by molar-refractivity contribution is -0.163. The molecule has 0 rings (SSSR count). The van der Waals surface area contributed by atoms with E-state index in [1.165, 1.54) is 0 Å². The minimum absolute atomic E-state index is 1.04. The topological polar surface area (TPSA) is 112 Å². The van der Waals surface area contributed by atoms with Crippen molar-refractivity contribution in [2.75, 3.05) is 0 Å². The van der Waals surface area contributed by atoms with Crippen LogP contribution in [0.3, 0.4) is 0 Å². The Morgan fingerprint density at radius 1 is 0.917 bits per heavy atom. The number of hydrogen-bond acceptors (Lipinski definition) is 3. The van der Waals surface area contributed by atoms with Crippen LogP contribution in [0.15, 0.2) is 0 Å². The predicted molar refractivity (Wildman–Crippen MR) is 35.6 cm³/mol. The first kappa shape index (κ1) is 10.4. The predicted octanol–water partition coefficient (Wildman–Crippen LogP) is -0.508. The summed E-state index contributed by atoms with van der Waals surface area (Å²) in [4.78, 5) is 30.7. The molecule has 1 unspecified atom stereocenters. The Morgan fingerprint density at radius 2 is 1.25 bits per heavy atom. The van der Waals surface area contributed by atoms with Gasteiger partial charge in [0.25, 0.3) is 0 Å². The molecule has 1 atom stereocenters. The Balaban J connectivity index is 4.63. The largest absolute Gasteiger partial charge is 0.481 e. The van der Waals surface area contributed by atoms with E-state index >= 15 is 0 Å². The first-order valence-electron chi connectivity index (χ1n) is 3.06. The molecule has 0 bridgehead atoms. The van der Waals surface area contributed by atoms with Gasteiger partial charge in [0.2, 0.25) is 0 Å². The van der Waals surface area contributed by atoms with Crippen LogP contribution in [0.25, 0.3) is 0 Å².